The Morgan fingerprint density at radius 1 is 1.50 bits per heavy atom. The van der Waals surface area contributed by atoms with Crippen molar-refractivity contribution in [2.45, 2.75) is 38.1 Å². The summed E-state index contributed by atoms with van der Waals surface area (Å²) in [6.07, 6.45) is 0. The molecule has 0 spiro atoms. The minimum Gasteiger partial charge on any atom is -0.481 e. The molecule has 6 heteroatoms. The Bertz CT molecular complexity index is 462. The lowest BCUT2D eigenvalue weighted by atomic mass is 10.0. The van der Waals surface area contributed by atoms with E-state index in [0.29, 0.717) is 17.8 Å². The first kappa shape index (κ1) is 15.7. The molecule has 3 unspecified atom stereocenters. The average molecular weight is 298 g/mol. The molecule has 2 N–H and O–H groups in total. The summed E-state index contributed by atoms with van der Waals surface area (Å²) in [6, 6.07) is 0.684. The van der Waals surface area contributed by atoms with Crippen molar-refractivity contribution in [1.82, 2.24) is 14.7 Å². The van der Waals surface area contributed by atoms with Crippen LogP contribution in [0.4, 0.5) is 0 Å². The first-order chi connectivity index (χ1) is 9.51. The first-order valence-electron chi connectivity index (χ1n) is 7.16. The van der Waals surface area contributed by atoms with E-state index < -0.39 is 0 Å². The van der Waals surface area contributed by atoms with E-state index in [-0.39, 0.29) is 6.04 Å². The minimum absolute atomic E-state index is 0.178. The molecule has 20 heavy (non-hydrogen) atoms. The quantitative estimate of drug-likeness (QED) is 0.914. The zero-order valence-corrected chi connectivity index (χ0v) is 13.9. The molecule has 0 saturated carbocycles. The van der Waals surface area contributed by atoms with Crippen LogP contribution in [-0.4, -0.2) is 51.9 Å². The maximum Gasteiger partial charge on any atom is 0.216 e. The van der Waals surface area contributed by atoms with Crippen molar-refractivity contribution in [3.8, 4) is 5.88 Å². The Balaban J connectivity index is 2.37. The standard InChI is InChI=1S/C14H26N4OS/c1-9-13(14(19-5)17(4)16-9)12(8-15)18-6-7-20-11(3)10(18)2/h10-12H,6-8,15H2,1-5H3. The molecule has 1 fully saturated rings. The Labute approximate surface area is 125 Å². The summed E-state index contributed by atoms with van der Waals surface area (Å²) < 4.78 is 7.35. The van der Waals surface area contributed by atoms with Gasteiger partial charge < -0.3 is 10.5 Å². The van der Waals surface area contributed by atoms with Crippen molar-refractivity contribution in [3.05, 3.63) is 11.3 Å². The number of aryl methyl sites for hydroxylation is 2. The van der Waals surface area contributed by atoms with E-state index in [1.807, 2.05) is 25.7 Å². The zero-order chi connectivity index (χ0) is 14.9. The monoisotopic (exact) mass is 298 g/mol. The molecule has 114 valence electrons. The smallest absolute Gasteiger partial charge is 0.216 e. The summed E-state index contributed by atoms with van der Waals surface area (Å²) in [7, 11) is 3.62. The van der Waals surface area contributed by atoms with Crippen molar-refractivity contribution >= 4 is 11.8 Å². The van der Waals surface area contributed by atoms with Crippen molar-refractivity contribution in [1.29, 1.82) is 0 Å². The fraction of sp³-hybridized carbons (Fsp3) is 0.786. The summed E-state index contributed by atoms with van der Waals surface area (Å²) >= 11 is 2.04. The lowest BCUT2D eigenvalue weighted by Gasteiger charge is -2.42. The number of methoxy groups -OCH3 is 1. The molecule has 1 aromatic heterocycles. The van der Waals surface area contributed by atoms with Crippen LogP contribution in [0.3, 0.4) is 0 Å². The fourth-order valence-electron chi connectivity index (χ4n) is 3.09. The molecular weight excluding hydrogens is 272 g/mol. The molecular formula is C14H26N4OS. The highest BCUT2D eigenvalue weighted by Gasteiger charge is 2.34. The van der Waals surface area contributed by atoms with Crippen molar-refractivity contribution in [2.24, 2.45) is 12.8 Å². The van der Waals surface area contributed by atoms with Crippen molar-refractivity contribution in [2.75, 3.05) is 26.0 Å². The maximum atomic E-state index is 6.10. The summed E-state index contributed by atoms with van der Waals surface area (Å²) in [5.74, 6) is 1.99. The van der Waals surface area contributed by atoms with Crippen LogP contribution in [0.2, 0.25) is 0 Å². The predicted molar refractivity (Wildman–Crippen MR) is 84.4 cm³/mol. The van der Waals surface area contributed by atoms with Crippen LogP contribution in [0.25, 0.3) is 0 Å². The van der Waals surface area contributed by atoms with E-state index in [1.54, 1.807) is 11.8 Å². The van der Waals surface area contributed by atoms with E-state index in [4.69, 9.17) is 10.5 Å². The third kappa shape index (κ3) is 2.69. The molecule has 0 radical (unpaired) electrons. The summed E-state index contributed by atoms with van der Waals surface area (Å²) in [6.45, 7) is 8.27. The zero-order valence-electron chi connectivity index (χ0n) is 13.1. The van der Waals surface area contributed by atoms with Gasteiger partial charge in [0.25, 0.3) is 0 Å². The molecule has 2 rings (SSSR count). The van der Waals surface area contributed by atoms with Crippen molar-refractivity contribution in [3.63, 3.8) is 0 Å². The van der Waals surface area contributed by atoms with E-state index in [0.717, 1.165) is 29.4 Å². The van der Waals surface area contributed by atoms with Gasteiger partial charge in [-0.1, -0.05) is 6.92 Å². The van der Waals surface area contributed by atoms with Gasteiger partial charge in [-0.15, -0.1) is 0 Å². The lowest BCUT2D eigenvalue weighted by molar-refractivity contribution is 0.147. The number of nitrogens with zero attached hydrogens (tertiary/aromatic N) is 3. The topological polar surface area (TPSA) is 56.3 Å². The number of hydrogen-bond donors (Lipinski definition) is 1. The van der Waals surface area contributed by atoms with Crippen LogP contribution < -0.4 is 10.5 Å². The van der Waals surface area contributed by atoms with Gasteiger partial charge in [-0.3, -0.25) is 4.90 Å². The van der Waals surface area contributed by atoms with E-state index in [9.17, 15) is 0 Å². The highest BCUT2D eigenvalue weighted by molar-refractivity contribution is 8.00. The largest absolute Gasteiger partial charge is 0.481 e. The Kier molecular flexibility index (Phi) is 4.99. The Morgan fingerprint density at radius 2 is 2.20 bits per heavy atom. The number of thioether (sulfide) groups is 1. The molecule has 0 aromatic carbocycles. The lowest BCUT2D eigenvalue weighted by Crippen LogP contribution is -2.48. The molecule has 0 bridgehead atoms. The van der Waals surface area contributed by atoms with Gasteiger partial charge in [0, 0.05) is 37.2 Å². The molecule has 1 aromatic rings. The van der Waals surface area contributed by atoms with Gasteiger partial charge in [-0.25, -0.2) is 4.68 Å². The molecule has 1 aliphatic rings. The van der Waals surface area contributed by atoms with Gasteiger partial charge in [-0.2, -0.15) is 16.9 Å². The van der Waals surface area contributed by atoms with Crippen LogP contribution >= 0.6 is 11.8 Å². The normalized spacial score (nSPS) is 25.7. The molecule has 2 heterocycles. The van der Waals surface area contributed by atoms with Crippen LogP contribution in [0, 0.1) is 6.92 Å². The molecule has 5 nitrogen and oxygen atoms in total. The third-order valence-electron chi connectivity index (χ3n) is 4.30. The van der Waals surface area contributed by atoms with Gasteiger partial charge >= 0.3 is 0 Å². The summed E-state index contributed by atoms with van der Waals surface area (Å²) in [5.41, 5.74) is 8.26. The molecule has 0 aliphatic carbocycles. The number of nitrogens with two attached hydrogens (primary N) is 1. The molecule has 0 amide bonds. The van der Waals surface area contributed by atoms with Crippen LogP contribution in [0.1, 0.15) is 31.1 Å². The van der Waals surface area contributed by atoms with Gasteiger partial charge in [0.05, 0.1) is 24.4 Å². The van der Waals surface area contributed by atoms with Crippen molar-refractivity contribution < 1.29 is 4.74 Å². The van der Waals surface area contributed by atoms with Crippen LogP contribution in [0.15, 0.2) is 0 Å². The predicted octanol–water partition coefficient (Wildman–Crippen LogP) is 1.56. The Morgan fingerprint density at radius 3 is 2.80 bits per heavy atom. The second-order valence-corrected chi connectivity index (χ2v) is 6.92. The van der Waals surface area contributed by atoms with E-state index in [2.05, 4.69) is 23.8 Å². The van der Waals surface area contributed by atoms with E-state index in [1.165, 1.54) is 0 Å². The number of aromatic nitrogens is 2. The third-order valence-corrected chi connectivity index (χ3v) is 5.63. The SMILES string of the molecule is COc1c(C(CN)N2CCSC(C)C2C)c(C)nn1C. The minimum atomic E-state index is 0.178. The molecule has 1 saturated heterocycles. The van der Waals surface area contributed by atoms with E-state index >= 15 is 0 Å². The molecule has 3 atom stereocenters. The Hall–Kier alpha value is -0.720. The summed E-state index contributed by atoms with van der Waals surface area (Å²) in [5, 5.41) is 5.12. The second-order valence-electron chi connectivity index (χ2n) is 5.44. The molecule has 1 aliphatic heterocycles. The van der Waals surface area contributed by atoms with Gasteiger partial charge in [0.15, 0.2) is 0 Å². The fourth-order valence-corrected chi connectivity index (χ4v) is 4.22. The maximum absolute atomic E-state index is 6.10. The van der Waals surface area contributed by atoms with Gasteiger partial charge in [-0.05, 0) is 13.8 Å². The number of ether oxygens (including phenoxy) is 1. The van der Waals surface area contributed by atoms with Gasteiger partial charge in [0.2, 0.25) is 5.88 Å². The highest BCUT2D eigenvalue weighted by atomic mass is 32.2. The first-order valence-corrected chi connectivity index (χ1v) is 8.21. The van der Waals surface area contributed by atoms with Crippen LogP contribution in [0.5, 0.6) is 5.88 Å². The highest BCUT2D eigenvalue weighted by Crippen LogP contribution is 2.36. The van der Waals surface area contributed by atoms with Gasteiger partial charge in [0.1, 0.15) is 0 Å². The summed E-state index contributed by atoms with van der Waals surface area (Å²) in [4.78, 5) is 2.51. The second kappa shape index (κ2) is 6.37. The van der Waals surface area contributed by atoms with Crippen LogP contribution in [-0.2, 0) is 7.05 Å². The number of hydrogen-bond acceptors (Lipinski definition) is 5. The average Bonchev–Trinajstić information content (AvgIpc) is 2.70. The number of rotatable bonds is 4.